The number of benzene rings is 2. The van der Waals surface area contributed by atoms with Crippen molar-refractivity contribution in [1.82, 2.24) is 0 Å². The van der Waals surface area contributed by atoms with Gasteiger partial charge >= 0.3 is 0 Å². The summed E-state index contributed by atoms with van der Waals surface area (Å²) < 4.78 is 11.1. The molecule has 1 heterocycles. The number of rotatable bonds is 7. The number of nitrogens with one attached hydrogen (secondary N) is 2. The molecule has 0 unspecified atom stereocenters. The molecule has 0 saturated carbocycles. The molecule has 3 aromatic rings. The average Bonchev–Trinajstić information content (AvgIpc) is 3.16. The monoisotopic (exact) mass is 409 g/mol. The van der Waals surface area contributed by atoms with Crippen LogP contribution in [-0.4, -0.2) is 16.7 Å². The molecule has 1 aromatic heterocycles. The second kappa shape index (κ2) is 8.91. The fourth-order valence-electron chi connectivity index (χ4n) is 2.69. The van der Waals surface area contributed by atoms with Crippen molar-refractivity contribution in [2.24, 2.45) is 0 Å². The summed E-state index contributed by atoms with van der Waals surface area (Å²) in [4.78, 5) is 33.8. The van der Waals surface area contributed by atoms with E-state index < -0.39 is 10.8 Å². The largest absolute Gasteiger partial charge is 0.486 e. The van der Waals surface area contributed by atoms with Crippen LogP contribution < -0.4 is 15.4 Å². The Bertz CT molecular complexity index is 1090. The van der Waals surface area contributed by atoms with Gasteiger partial charge in [-0.1, -0.05) is 0 Å². The average molecular weight is 409 g/mol. The van der Waals surface area contributed by atoms with Crippen molar-refractivity contribution in [2.75, 3.05) is 10.6 Å². The van der Waals surface area contributed by atoms with E-state index in [9.17, 15) is 19.7 Å². The Labute approximate surface area is 171 Å². The maximum Gasteiger partial charge on any atom is 0.291 e. The summed E-state index contributed by atoms with van der Waals surface area (Å²) in [5.41, 5.74) is 1.68. The van der Waals surface area contributed by atoms with Gasteiger partial charge in [0.15, 0.2) is 5.76 Å². The highest BCUT2D eigenvalue weighted by atomic mass is 16.6. The Hall–Kier alpha value is -4.14. The van der Waals surface area contributed by atoms with Crippen LogP contribution in [0.15, 0.2) is 59.0 Å². The zero-order chi connectivity index (χ0) is 21.7. The Kier molecular flexibility index (Phi) is 6.11. The Balaban J connectivity index is 1.57. The van der Waals surface area contributed by atoms with E-state index in [0.29, 0.717) is 28.4 Å². The molecular formula is C21H19N3O6. The highest BCUT2D eigenvalue weighted by Crippen LogP contribution is 2.24. The number of furan rings is 1. The van der Waals surface area contributed by atoms with Gasteiger partial charge in [-0.3, -0.25) is 19.7 Å². The van der Waals surface area contributed by atoms with Gasteiger partial charge in [-0.05, 0) is 55.5 Å². The lowest BCUT2D eigenvalue weighted by Gasteiger charge is -2.06. The van der Waals surface area contributed by atoms with Crippen LogP contribution in [-0.2, 0) is 11.4 Å². The molecule has 2 N–H and O–H groups in total. The number of carbonyl (C=O) groups is 2. The van der Waals surface area contributed by atoms with Crippen molar-refractivity contribution in [3.05, 3.63) is 81.8 Å². The number of ether oxygens (including phenoxy) is 1. The molecule has 2 amide bonds. The standard InChI is InChI=1S/C21H19N3O6/c1-13-11-17(7-9-19(13)24(27)28)29-12-18-8-10-20(30-18)21(26)23-16-5-3-15(4-6-16)22-14(2)25/h3-11H,12H2,1-2H3,(H,22,25)(H,23,26). The number of nitro groups is 1. The van der Waals surface area contributed by atoms with Gasteiger partial charge < -0.3 is 19.8 Å². The second-order valence-corrected chi connectivity index (χ2v) is 6.47. The Morgan fingerprint density at radius 3 is 2.30 bits per heavy atom. The van der Waals surface area contributed by atoms with E-state index >= 15 is 0 Å². The fraction of sp³-hybridized carbons (Fsp3) is 0.143. The summed E-state index contributed by atoms with van der Waals surface area (Å²) in [7, 11) is 0. The van der Waals surface area contributed by atoms with E-state index in [1.807, 2.05) is 0 Å². The van der Waals surface area contributed by atoms with Crippen LogP contribution in [0.2, 0.25) is 0 Å². The first-order chi connectivity index (χ1) is 14.3. The van der Waals surface area contributed by atoms with Crippen LogP contribution in [0, 0.1) is 17.0 Å². The number of anilines is 2. The number of amides is 2. The predicted molar refractivity (Wildman–Crippen MR) is 110 cm³/mol. The third kappa shape index (κ3) is 5.22. The zero-order valence-corrected chi connectivity index (χ0v) is 16.3. The molecule has 3 rings (SSSR count). The summed E-state index contributed by atoms with van der Waals surface area (Å²) in [5, 5.41) is 16.2. The number of nitrogens with zero attached hydrogens (tertiary/aromatic N) is 1. The van der Waals surface area contributed by atoms with E-state index in [-0.39, 0.29) is 24.0 Å². The number of hydrogen-bond acceptors (Lipinski definition) is 6. The third-order valence-corrected chi connectivity index (χ3v) is 4.09. The predicted octanol–water partition coefficient (Wildman–Crippen LogP) is 4.29. The molecule has 0 spiro atoms. The molecule has 0 fully saturated rings. The quantitative estimate of drug-likeness (QED) is 0.443. The molecule has 0 saturated heterocycles. The topological polar surface area (TPSA) is 124 Å². The smallest absolute Gasteiger partial charge is 0.291 e. The molecule has 0 atom stereocenters. The molecule has 9 nitrogen and oxygen atoms in total. The summed E-state index contributed by atoms with van der Waals surface area (Å²) in [6, 6.07) is 14.3. The van der Waals surface area contributed by atoms with Crippen molar-refractivity contribution < 1.29 is 23.7 Å². The number of aryl methyl sites for hydroxylation is 1. The number of carbonyl (C=O) groups excluding carboxylic acids is 2. The van der Waals surface area contributed by atoms with Crippen molar-refractivity contribution in [3.63, 3.8) is 0 Å². The molecule has 154 valence electrons. The molecule has 9 heteroatoms. The van der Waals surface area contributed by atoms with Crippen molar-refractivity contribution >= 4 is 28.9 Å². The summed E-state index contributed by atoms with van der Waals surface area (Å²) in [5.74, 6) is 0.386. The van der Waals surface area contributed by atoms with Crippen LogP contribution in [0.3, 0.4) is 0 Å². The first-order valence-corrected chi connectivity index (χ1v) is 8.97. The van der Waals surface area contributed by atoms with Crippen LogP contribution in [0.4, 0.5) is 17.1 Å². The minimum absolute atomic E-state index is 0.0180. The van der Waals surface area contributed by atoms with E-state index in [1.165, 1.54) is 25.1 Å². The van der Waals surface area contributed by atoms with E-state index in [0.717, 1.165) is 0 Å². The Morgan fingerprint density at radius 1 is 1.03 bits per heavy atom. The van der Waals surface area contributed by atoms with Gasteiger partial charge in [0.2, 0.25) is 5.91 Å². The van der Waals surface area contributed by atoms with Gasteiger partial charge in [0.05, 0.1) is 4.92 Å². The highest BCUT2D eigenvalue weighted by molar-refractivity contribution is 6.02. The molecule has 0 aliphatic carbocycles. The van der Waals surface area contributed by atoms with Crippen LogP contribution in [0.1, 0.15) is 28.8 Å². The Morgan fingerprint density at radius 2 is 1.70 bits per heavy atom. The normalized spacial score (nSPS) is 10.3. The first kappa shape index (κ1) is 20.6. The van der Waals surface area contributed by atoms with Gasteiger partial charge in [-0.2, -0.15) is 0 Å². The van der Waals surface area contributed by atoms with Gasteiger partial charge in [0.25, 0.3) is 11.6 Å². The lowest BCUT2D eigenvalue weighted by molar-refractivity contribution is -0.385. The minimum atomic E-state index is -0.454. The number of hydrogen-bond donors (Lipinski definition) is 2. The second-order valence-electron chi connectivity index (χ2n) is 6.47. The van der Waals surface area contributed by atoms with E-state index in [1.54, 1.807) is 43.3 Å². The first-order valence-electron chi connectivity index (χ1n) is 8.97. The summed E-state index contributed by atoms with van der Waals surface area (Å²) in [6.45, 7) is 3.11. The summed E-state index contributed by atoms with van der Waals surface area (Å²) in [6.07, 6.45) is 0. The lowest BCUT2D eigenvalue weighted by atomic mass is 10.2. The van der Waals surface area contributed by atoms with Crippen LogP contribution in [0.25, 0.3) is 0 Å². The molecule has 0 bridgehead atoms. The van der Waals surface area contributed by atoms with Crippen LogP contribution >= 0.6 is 0 Å². The van der Waals surface area contributed by atoms with Crippen molar-refractivity contribution in [1.29, 1.82) is 0 Å². The van der Waals surface area contributed by atoms with Gasteiger partial charge in [-0.15, -0.1) is 0 Å². The summed E-state index contributed by atoms with van der Waals surface area (Å²) >= 11 is 0. The van der Waals surface area contributed by atoms with Gasteiger partial charge in [0, 0.05) is 29.9 Å². The highest BCUT2D eigenvalue weighted by Gasteiger charge is 2.14. The minimum Gasteiger partial charge on any atom is -0.486 e. The maximum absolute atomic E-state index is 12.3. The van der Waals surface area contributed by atoms with Gasteiger partial charge in [0.1, 0.15) is 18.1 Å². The van der Waals surface area contributed by atoms with Crippen molar-refractivity contribution in [2.45, 2.75) is 20.5 Å². The fourth-order valence-corrected chi connectivity index (χ4v) is 2.69. The SMILES string of the molecule is CC(=O)Nc1ccc(NC(=O)c2ccc(COc3ccc([N+](=O)[O-])c(C)c3)o2)cc1. The maximum atomic E-state index is 12.3. The molecule has 2 aromatic carbocycles. The molecule has 30 heavy (non-hydrogen) atoms. The van der Waals surface area contributed by atoms with Crippen LogP contribution in [0.5, 0.6) is 5.75 Å². The van der Waals surface area contributed by atoms with Crippen molar-refractivity contribution in [3.8, 4) is 5.75 Å². The molecular weight excluding hydrogens is 390 g/mol. The number of nitro benzene ring substituents is 1. The molecule has 0 aliphatic heterocycles. The lowest BCUT2D eigenvalue weighted by Crippen LogP contribution is -2.11. The van der Waals surface area contributed by atoms with E-state index in [4.69, 9.17) is 9.15 Å². The van der Waals surface area contributed by atoms with E-state index in [2.05, 4.69) is 10.6 Å². The molecule has 0 radical (unpaired) electrons. The van der Waals surface area contributed by atoms with Gasteiger partial charge in [-0.25, -0.2) is 0 Å². The zero-order valence-electron chi connectivity index (χ0n) is 16.3. The third-order valence-electron chi connectivity index (χ3n) is 4.09. The molecule has 0 aliphatic rings.